The molecule has 0 N–H and O–H groups in total. The Hall–Kier alpha value is -1.57. The fourth-order valence-corrected chi connectivity index (χ4v) is 2.62. The number of aliphatic imine (C=N–C) groups is 1. The Bertz CT molecular complexity index is 609. The first-order valence-corrected chi connectivity index (χ1v) is 8.01. The van der Waals surface area contributed by atoms with Crippen LogP contribution in [0.5, 0.6) is 0 Å². The van der Waals surface area contributed by atoms with Crippen molar-refractivity contribution in [3.63, 3.8) is 0 Å². The lowest BCUT2D eigenvalue weighted by atomic mass is 10.1. The first-order chi connectivity index (χ1) is 11.1. The number of aromatic nitrogens is 2. The van der Waals surface area contributed by atoms with E-state index in [9.17, 15) is 0 Å². The molecule has 0 radical (unpaired) electrons. The van der Waals surface area contributed by atoms with Crippen LogP contribution in [0.15, 0.2) is 47.7 Å². The average molecular weight is 441 g/mol. The van der Waals surface area contributed by atoms with Gasteiger partial charge in [0.1, 0.15) is 12.4 Å². The van der Waals surface area contributed by atoms with Crippen LogP contribution in [0.25, 0.3) is 0 Å². The molecule has 1 aromatic carbocycles. The van der Waals surface area contributed by atoms with Crippen molar-refractivity contribution in [2.75, 3.05) is 28.2 Å². The monoisotopic (exact) mass is 441 g/mol. The molecule has 0 saturated heterocycles. The van der Waals surface area contributed by atoms with E-state index < -0.39 is 0 Å². The van der Waals surface area contributed by atoms with Crippen LogP contribution in [-0.2, 0) is 19.5 Å². The molecule has 0 aliphatic rings. The summed E-state index contributed by atoms with van der Waals surface area (Å²) in [5.41, 5.74) is 1.38. The van der Waals surface area contributed by atoms with Gasteiger partial charge in [0, 0.05) is 47.1 Å². The molecule has 0 unspecified atom stereocenters. The van der Waals surface area contributed by atoms with Gasteiger partial charge in [0.05, 0.1) is 0 Å². The van der Waals surface area contributed by atoms with Crippen molar-refractivity contribution in [3.8, 4) is 0 Å². The van der Waals surface area contributed by atoms with E-state index in [4.69, 9.17) is 0 Å². The summed E-state index contributed by atoms with van der Waals surface area (Å²) in [6.07, 6.45) is 6.09. The molecular weight excluding hydrogens is 413 g/mol. The van der Waals surface area contributed by atoms with Crippen LogP contribution in [0, 0.1) is 0 Å². The van der Waals surface area contributed by atoms with Crippen LogP contribution < -0.4 is 0 Å². The fraction of sp³-hybridized carbons (Fsp3) is 0.444. The minimum Gasteiger partial charge on any atom is -0.349 e. The van der Waals surface area contributed by atoms with Crippen LogP contribution in [0.3, 0.4) is 0 Å². The van der Waals surface area contributed by atoms with Gasteiger partial charge in [0.15, 0.2) is 5.96 Å². The minimum atomic E-state index is 0. The first kappa shape index (κ1) is 20.5. The van der Waals surface area contributed by atoms with Gasteiger partial charge in [-0.05, 0) is 18.4 Å². The highest BCUT2D eigenvalue weighted by Crippen LogP contribution is 2.07. The zero-order valence-electron chi connectivity index (χ0n) is 15.0. The summed E-state index contributed by atoms with van der Waals surface area (Å²) < 4.78 is 2.20. The third-order valence-electron chi connectivity index (χ3n) is 3.67. The molecule has 0 aliphatic carbocycles. The third kappa shape index (κ3) is 6.14. The largest absolute Gasteiger partial charge is 0.349 e. The Morgan fingerprint density at radius 3 is 2.38 bits per heavy atom. The van der Waals surface area contributed by atoms with Gasteiger partial charge in [-0.3, -0.25) is 0 Å². The number of nitrogens with zero attached hydrogens (tertiary/aromatic N) is 5. The van der Waals surface area contributed by atoms with Gasteiger partial charge in [-0.2, -0.15) is 0 Å². The topological polar surface area (TPSA) is 36.7 Å². The van der Waals surface area contributed by atoms with E-state index >= 15 is 0 Å². The number of imidazole rings is 1. The number of hydrogen-bond acceptors (Lipinski definition) is 2. The van der Waals surface area contributed by atoms with E-state index in [0.29, 0.717) is 6.54 Å². The summed E-state index contributed by atoms with van der Waals surface area (Å²) in [7, 11) is 8.02. The summed E-state index contributed by atoms with van der Waals surface area (Å²) in [5.74, 6) is 1.96. The van der Waals surface area contributed by atoms with Crippen molar-refractivity contribution in [1.29, 1.82) is 0 Å². The lowest BCUT2D eigenvalue weighted by Gasteiger charge is -2.22. The number of rotatable bonds is 6. The van der Waals surface area contributed by atoms with Crippen LogP contribution in [-0.4, -0.2) is 53.5 Å². The van der Waals surface area contributed by atoms with Gasteiger partial charge in [-0.15, -0.1) is 24.0 Å². The average Bonchev–Trinajstić information content (AvgIpc) is 2.95. The molecule has 0 atom stereocenters. The van der Waals surface area contributed by atoms with Gasteiger partial charge in [0.2, 0.25) is 0 Å². The Morgan fingerprint density at radius 1 is 1.08 bits per heavy atom. The number of halogens is 1. The van der Waals surface area contributed by atoms with Gasteiger partial charge in [-0.1, -0.05) is 30.3 Å². The number of benzene rings is 1. The predicted octanol–water partition coefficient (Wildman–Crippen LogP) is 3.11. The Labute approximate surface area is 162 Å². The maximum absolute atomic E-state index is 4.68. The summed E-state index contributed by atoms with van der Waals surface area (Å²) >= 11 is 0. The second-order valence-electron chi connectivity index (χ2n) is 6.03. The zero-order valence-corrected chi connectivity index (χ0v) is 17.3. The van der Waals surface area contributed by atoms with Gasteiger partial charge >= 0.3 is 0 Å². The Morgan fingerprint density at radius 2 is 1.75 bits per heavy atom. The van der Waals surface area contributed by atoms with Crippen LogP contribution in [0.4, 0.5) is 0 Å². The molecule has 132 valence electrons. The minimum absolute atomic E-state index is 0. The number of hydrogen-bond donors (Lipinski definition) is 0. The van der Waals surface area contributed by atoms with E-state index in [1.54, 1.807) is 0 Å². The molecule has 1 aromatic heterocycles. The summed E-state index contributed by atoms with van der Waals surface area (Å²) in [6, 6.07) is 10.6. The lowest BCUT2D eigenvalue weighted by Crippen LogP contribution is -2.35. The van der Waals surface area contributed by atoms with Crippen molar-refractivity contribution >= 4 is 29.9 Å². The quantitative estimate of drug-likeness (QED) is 0.393. The zero-order chi connectivity index (χ0) is 16.7. The van der Waals surface area contributed by atoms with Crippen LogP contribution >= 0.6 is 24.0 Å². The molecule has 0 amide bonds. The molecule has 0 aliphatic heterocycles. The summed E-state index contributed by atoms with van der Waals surface area (Å²) in [4.78, 5) is 13.2. The van der Waals surface area contributed by atoms with Gasteiger partial charge in [0.25, 0.3) is 0 Å². The smallest absolute Gasteiger partial charge is 0.195 e. The van der Waals surface area contributed by atoms with E-state index in [-0.39, 0.29) is 24.0 Å². The Balaban J connectivity index is 0.00000288. The molecule has 0 bridgehead atoms. The van der Waals surface area contributed by atoms with Gasteiger partial charge < -0.3 is 14.4 Å². The van der Waals surface area contributed by atoms with Crippen molar-refractivity contribution < 1.29 is 0 Å². The molecule has 0 saturated carbocycles. The second kappa shape index (κ2) is 10.3. The standard InChI is InChI=1S/C18H27N5.HI/c1-21(2)18(22(3)4)20-15-17-19-12-14-23(17)13-8-11-16-9-6-5-7-10-16;/h5-7,9-10,12,14H,8,11,13,15H2,1-4H3;1H. The molecule has 2 aromatic rings. The van der Waals surface area contributed by atoms with E-state index in [0.717, 1.165) is 31.2 Å². The molecular formula is C18H28IN5. The van der Waals surface area contributed by atoms with Crippen molar-refractivity contribution in [2.24, 2.45) is 4.99 Å². The molecule has 24 heavy (non-hydrogen) atoms. The van der Waals surface area contributed by atoms with E-state index in [1.807, 2.05) is 50.4 Å². The van der Waals surface area contributed by atoms with E-state index in [1.165, 1.54) is 5.56 Å². The van der Waals surface area contributed by atoms with Gasteiger partial charge in [-0.25, -0.2) is 9.98 Å². The highest BCUT2D eigenvalue weighted by Gasteiger charge is 2.06. The highest BCUT2D eigenvalue weighted by molar-refractivity contribution is 14.0. The molecule has 2 rings (SSSR count). The second-order valence-corrected chi connectivity index (χ2v) is 6.03. The van der Waals surface area contributed by atoms with Crippen LogP contribution in [0.1, 0.15) is 17.8 Å². The summed E-state index contributed by atoms with van der Waals surface area (Å²) in [5, 5.41) is 0. The maximum atomic E-state index is 4.68. The first-order valence-electron chi connectivity index (χ1n) is 8.01. The molecule has 1 heterocycles. The van der Waals surface area contributed by atoms with Crippen molar-refractivity contribution in [2.45, 2.75) is 25.9 Å². The third-order valence-corrected chi connectivity index (χ3v) is 3.67. The molecule has 5 nitrogen and oxygen atoms in total. The molecule has 6 heteroatoms. The summed E-state index contributed by atoms with van der Waals surface area (Å²) in [6.45, 7) is 1.57. The fourth-order valence-electron chi connectivity index (χ4n) is 2.62. The van der Waals surface area contributed by atoms with E-state index in [2.05, 4.69) is 44.9 Å². The lowest BCUT2D eigenvalue weighted by molar-refractivity contribution is 0.477. The van der Waals surface area contributed by atoms with Crippen molar-refractivity contribution in [1.82, 2.24) is 19.4 Å². The highest BCUT2D eigenvalue weighted by atomic mass is 127. The Kier molecular flexibility index (Phi) is 8.81. The van der Waals surface area contributed by atoms with Crippen LogP contribution in [0.2, 0.25) is 0 Å². The maximum Gasteiger partial charge on any atom is 0.195 e. The number of aryl methyl sites for hydroxylation is 2. The molecule has 0 fully saturated rings. The SMILES string of the molecule is CN(C)C(=NCc1nccn1CCCc1ccccc1)N(C)C.I. The normalized spacial score (nSPS) is 10.0. The number of guanidine groups is 1. The predicted molar refractivity (Wildman–Crippen MR) is 111 cm³/mol. The van der Waals surface area contributed by atoms with Crippen molar-refractivity contribution in [3.05, 3.63) is 54.1 Å². The molecule has 0 spiro atoms.